The van der Waals surface area contributed by atoms with E-state index in [-0.39, 0.29) is 27.8 Å². The van der Waals surface area contributed by atoms with Crippen molar-refractivity contribution in [2.24, 2.45) is 5.10 Å². The number of carbonyl (C=O) groups excluding carboxylic acids is 2. The third kappa shape index (κ3) is 5.64. The third-order valence-corrected chi connectivity index (χ3v) is 4.91. The minimum Gasteiger partial charge on any atom is -0.497 e. The van der Waals surface area contributed by atoms with Crippen molar-refractivity contribution in [1.82, 2.24) is 15.4 Å². The highest BCUT2D eigenvalue weighted by atomic mass is 19.4. The molecule has 0 bridgehead atoms. The standard InChI is InChI=1S/C24H18F3N5O3/c1-35-18-9-2-14(3-10-18)13-28-32-22(34)16-6-4-15(5-7-16)21(33)29-17-8-11-19-20(12-17)31-23(30-19)24(25,26)27/h2-13H,1H3,(H,29,33)(H,30,31)(H,32,34)/b28-13+. The molecule has 0 radical (unpaired) electrons. The number of nitrogens with zero attached hydrogens (tertiary/aromatic N) is 2. The molecule has 0 fully saturated rings. The van der Waals surface area contributed by atoms with Crippen LogP contribution >= 0.6 is 0 Å². The number of hydrogen-bond donors (Lipinski definition) is 3. The summed E-state index contributed by atoms with van der Waals surface area (Å²) in [5.41, 5.74) is 4.25. The monoisotopic (exact) mass is 481 g/mol. The van der Waals surface area contributed by atoms with E-state index in [0.29, 0.717) is 5.75 Å². The minimum atomic E-state index is -4.60. The van der Waals surface area contributed by atoms with Crippen LogP contribution in [0.3, 0.4) is 0 Å². The molecule has 0 aliphatic rings. The average Bonchev–Trinajstić information content (AvgIpc) is 3.29. The van der Waals surface area contributed by atoms with Gasteiger partial charge in [-0.2, -0.15) is 18.3 Å². The second-order valence-corrected chi connectivity index (χ2v) is 7.32. The van der Waals surface area contributed by atoms with E-state index in [1.807, 2.05) is 0 Å². The molecule has 11 heteroatoms. The van der Waals surface area contributed by atoms with E-state index in [4.69, 9.17) is 4.74 Å². The number of carbonyl (C=O) groups is 2. The molecular weight excluding hydrogens is 463 g/mol. The number of alkyl halides is 3. The Balaban J connectivity index is 1.37. The molecule has 0 saturated carbocycles. The number of H-pyrrole nitrogens is 1. The van der Waals surface area contributed by atoms with Crippen molar-refractivity contribution < 1.29 is 27.5 Å². The Kier molecular flexibility index (Phi) is 6.49. The maximum atomic E-state index is 12.8. The van der Waals surface area contributed by atoms with E-state index in [9.17, 15) is 22.8 Å². The molecule has 0 aliphatic carbocycles. The number of halogens is 3. The maximum absolute atomic E-state index is 12.8. The highest BCUT2D eigenvalue weighted by molar-refractivity contribution is 6.05. The Labute approximate surface area is 196 Å². The molecule has 8 nitrogen and oxygen atoms in total. The van der Waals surface area contributed by atoms with Crippen molar-refractivity contribution in [2.75, 3.05) is 12.4 Å². The normalized spacial score (nSPS) is 11.5. The van der Waals surface area contributed by atoms with E-state index < -0.39 is 23.8 Å². The van der Waals surface area contributed by atoms with Gasteiger partial charge in [0.15, 0.2) is 0 Å². The van der Waals surface area contributed by atoms with E-state index >= 15 is 0 Å². The van der Waals surface area contributed by atoms with E-state index in [0.717, 1.165) is 5.56 Å². The lowest BCUT2D eigenvalue weighted by Gasteiger charge is -2.06. The Morgan fingerprint density at radius 3 is 2.26 bits per heavy atom. The molecule has 4 aromatic rings. The summed E-state index contributed by atoms with van der Waals surface area (Å²) in [6.45, 7) is 0. The second kappa shape index (κ2) is 9.67. The molecule has 1 heterocycles. The lowest BCUT2D eigenvalue weighted by molar-refractivity contribution is -0.144. The molecule has 3 aromatic carbocycles. The van der Waals surface area contributed by atoms with Crippen LogP contribution in [-0.2, 0) is 6.18 Å². The summed E-state index contributed by atoms with van der Waals surface area (Å²) < 4.78 is 43.5. The molecule has 0 spiro atoms. The lowest BCUT2D eigenvalue weighted by atomic mass is 10.1. The van der Waals surface area contributed by atoms with Gasteiger partial charge in [-0.1, -0.05) is 0 Å². The van der Waals surface area contributed by atoms with Crippen molar-refractivity contribution in [3.63, 3.8) is 0 Å². The van der Waals surface area contributed by atoms with Crippen LogP contribution in [0.5, 0.6) is 5.75 Å². The van der Waals surface area contributed by atoms with Crippen molar-refractivity contribution in [2.45, 2.75) is 6.18 Å². The van der Waals surface area contributed by atoms with Gasteiger partial charge >= 0.3 is 6.18 Å². The van der Waals surface area contributed by atoms with Crippen LogP contribution < -0.4 is 15.5 Å². The van der Waals surface area contributed by atoms with Gasteiger partial charge in [-0.25, -0.2) is 10.4 Å². The Bertz CT molecular complexity index is 1390. The fraction of sp³-hybridized carbons (Fsp3) is 0.0833. The first-order valence-corrected chi connectivity index (χ1v) is 10.2. The Hall–Kier alpha value is -4.67. The predicted octanol–water partition coefficient (Wildman–Crippen LogP) is 4.61. The van der Waals surface area contributed by atoms with Crippen LogP contribution in [0.15, 0.2) is 71.8 Å². The van der Waals surface area contributed by atoms with E-state index in [2.05, 4.69) is 25.8 Å². The average molecular weight is 481 g/mol. The van der Waals surface area contributed by atoms with Crippen molar-refractivity contribution in [1.29, 1.82) is 0 Å². The number of rotatable bonds is 6. The molecule has 3 N–H and O–H groups in total. The number of nitrogens with one attached hydrogen (secondary N) is 3. The van der Waals surface area contributed by atoms with Gasteiger partial charge in [0.25, 0.3) is 11.8 Å². The van der Waals surface area contributed by atoms with Gasteiger partial charge in [-0.3, -0.25) is 9.59 Å². The van der Waals surface area contributed by atoms with Crippen molar-refractivity contribution >= 4 is 34.7 Å². The fourth-order valence-electron chi connectivity index (χ4n) is 3.12. The summed E-state index contributed by atoms with van der Waals surface area (Å²) in [4.78, 5) is 30.5. The quantitative estimate of drug-likeness (QED) is 0.276. The fourth-order valence-corrected chi connectivity index (χ4v) is 3.12. The maximum Gasteiger partial charge on any atom is 0.449 e. The van der Waals surface area contributed by atoms with Crippen LogP contribution in [0.4, 0.5) is 18.9 Å². The third-order valence-electron chi connectivity index (χ3n) is 4.91. The number of aromatic nitrogens is 2. The Morgan fingerprint density at radius 2 is 1.63 bits per heavy atom. The lowest BCUT2D eigenvalue weighted by Crippen LogP contribution is -2.18. The van der Waals surface area contributed by atoms with Crippen LogP contribution in [0.25, 0.3) is 11.0 Å². The first kappa shape index (κ1) is 23.5. The molecular formula is C24H18F3N5O3. The van der Waals surface area contributed by atoms with Crippen LogP contribution in [0.2, 0.25) is 0 Å². The molecule has 178 valence electrons. The molecule has 4 rings (SSSR count). The number of fused-ring (bicyclic) bond motifs is 1. The predicted molar refractivity (Wildman–Crippen MR) is 124 cm³/mol. The SMILES string of the molecule is COc1ccc(/C=N/NC(=O)c2ccc(C(=O)Nc3ccc4nc(C(F)(F)F)[nH]c4c3)cc2)cc1. The van der Waals surface area contributed by atoms with Gasteiger partial charge in [0.2, 0.25) is 5.82 Å². The first-order valence-electron chi connectivity index (χ1n) is 10.2. The van der Waals surface area contributed by atoms with Gasteiger partial charge in [-0.05, 0) is 72.3 Å². The van der Waals surface area contributed by atoms with Gasteiger partial charge in [0.05, 0.1) is 24.4 Å². The van der Waals surface area contributed by atoms with E-state index in [1.165, 1.54) is 48.7 Å². The number of amides is 2. The summed E-state index contributed by atoms with van der Waals surface area (Å²) in [6.07, 6.45) is -3.12. The van der Waals surface area contributed by atoms with E-state index in [1.54, 1.807) is 31.4 Å². The molecule has 0 saturated heterocycles. The summed E-state index contributed by atoms with van der Waals surface area (Å²) in [5, 5.41) is 6.51. The smallest absolute Gasteiger partial charge is 0.449 e. The van der Waals surface area contributed by atoms with Crippen LogP contribution in [0, 0.1) is 0 Å². The number of hydrazone groups is 1. The number of ether oxygens (including phenoxy) is 1. The van der Waals surface area contributed by atoms with Crippen molar-refractivity contribution in [3.8, 4) is 5.75 Å². The molecule has 0 atom stereocenters. The first-order chi connectivity index (χ1) is 16.7. The molecule has 1 aromatic heterocycles. The zero-order chi connectivity index (χ0) is 25.0. The van der Waals surface area contributed by atoms with Crippen LogP contribution in [-0.4, -0.2) is 35.1 Å². The van der Waals surface area contributed by atoms with Gasteiger partial charge < -0.3 is 15.0 Å². The molecule has 35 heavy (non-hydrogen) atoms. The largest absolute Gasteiger partial charge is 0.497 e. The molecule has 0 aliphatic heterocycles. The summed E-state index contributed by atoms with van der Waals surface area (Å²) in [7, 11) is 1.56. The summed E-state index contributed by atoms with van der Waals surface area (Å²) >= 11 is 0. The molecule has 0 unspecified atom stereocenters. The summed E-state index contributed by atoms with van der Waals surface area (Å²) in [5.74, 6) is -1.37. The zero-order valence-electron chi connectivity index (χ0n) is 18.2. The van der Waals surface area contributed by atoms with Gasteiger partial charge in [0.1, 0.15) is 5.75 Å². The number of hydrogen-bond acceptors (Lipinski definition) is 5. The number of anilines is 1. The highest BCUT2D eigenvalue weighted by Crippen LogP contribution is 2.29. The Morgan fingerprint density at radius 1 is 0.971 bits per heavy atom. The second-order valence-electron chi connectivity index (χ2n) is 7.32. The molecule has 2 amide bonds. The number of methoxy groups -OCH3 is 1. The van der Waals surface area contributed by atoms with Crippen molar-refractivity contribution in [3.05, 3.63) is 89.2 Å². The number of benzene rings is 3. The number of aromatic amines is 1. The summed E-state index contributed by atoms with van der Waals surface area (Å²) in [6, 6.07) is 17.1. The van der Waals surface area contributed by atoms with Gasteiger partial charge in [-0.15, -0.1) is 0 Å². The topological polar surface area (TPSA) is 108 Å². The zero-order valence-corrected chi connectivity index (χ0v) is 18.2. The van der Waals surface area contributed by atoms with Gasteiger partial charge in [0, 0.05) is 16.8 Å². The number of imidazole rings is 1. The van der Waals surface area contributed by atoms with Crippen LogP contribution in [0.1, 0.15) is 32.1 Å². The minimum absolute atomic E-state index is 0.125. The highest BCUT2D eigenvalue weighted by Gasteiger charge is 2.34.